The van der Waals surface area contributed by atoms with E-state index >= 15 is 0 Å². The fourth-order valence-electron chi connectivity index (χ4n) is 2.20. The second-order valence-electron chi connectivity index (χ2n) is 5.53. The molecule has 1 fully saturated rings. The number of nitrogens with one attached hydrogen (secondary N) is 1. The second-order valence-corrected chi connectivity index (χ2v) is 5.53. The number of nitrogens with zero attached hydrogens (tertiary/aromatic N) is 2. The van der Waals surface area contributed by atoms with E-state index in [9.17, 15) is 14.0 Å². The SMILES string of the molecule is CN(C(=O)c1ccc(F)c(NC(=O)C2CC2)c1)c1cccnc1. The standard InChI is InChI=1S/C17H16FN3O2/c1-21(13-3-2-8-19-10-13)17(23)12-6-7-14(18)15(9-12)20-16(22)11-4-5-11/h2-3,6-11H,4-5H2,1H3,(H,20,22). The zero-order valence-corrected chi connectivity index (χ0v) is 12.6. The van der Waals surface area contributed by atoms with Crippen molar-refractivity contribution in [3.63, 3.8) is 0 Å². The van der Waals surface area contributed by atoms with E-state index in [1.807, 2.05) is 0 Å². The van der Waals surface area contributed by atoms with Crippen LogP contribution < -0.4 is 10.2 Å². The molecule has 6 heteroatoms. The molecule has 1 heterocycles. The van der Waals surface area contributed by atoms with Gasteiger partial charge in [0.25, 0.3) is 5.91 Å². The molecular weight excluding hydrogens is 297 g/mol. The van der Waals surface area contributed by atoms with Crippen LogP contribution in [0.2, 0.25) is 0 Å². The number of anilines is 2. The first-order valence-corrected chi connectivity index (χ1v) is 7.35. The van der Waals surface area contributed by atoms with E-state index in [0.29, 0.717) is 11.3 Å². The molecule has 1 aromatic heterocycles. The minimum Gasteiger partial charge on any atom is -0.323 e. The number of pyridine rings is 1. The lowest BCUT2D eigenvalue weighted by Gasteiger charge is -2.17. The Morgan fingerprint density at radius 1 is 1.30 bits per heavy atom. The van der Waals surface area contributed by atoms with Gasteiger partial charge in [-0.25, -0.2) is 4.39 Å². The first kappa shape index (κ1) is 15.1. The highest BCUT2D eigenvalue weighted by Crippen LogP contribution is 2.30. The summed E-state index contributed by atoms with van der Waals surface area (Å²) in [6.07, 6.45) is 4.84. The Morgan fingerprint density at radius 2 is 2.09 bits per heavy atom. The van der Waals surface area contributed by atoms with Crippen molar-refractivity contribution in [3.8, 4) is 0 Å². The first-order chi connectivity index (χ1) is 11.1. The average Bonchev–Trinajstić information content (AvgIpc) is 3.41. The van der Waals surface area contributed by atoms with E-state index in [2.05, 4.69) is 10.3 Å². The van der Waals surface area contributed by atoms with Crippen LogP contribution in [0.1, 0.15) is 23.2 Å². The Bertz CT molecular complexity index is 745. The molecule has 118 valence electrons. The van der Waals surface area contributed by atoms with Gasteiger partial charge in [-0.1, -0.05) is 0 Å². The van der Waals surface area contributed by atoms with Crippen LogP contribution in [-0.2, 0) is 4.79 Å². The summed E-state index contributed by atoms with van der Waals surface area (Å²) >= 11 is 0. The third-order valence-electron chi connectivity index (χ3n) is 3.76. The Labute approximate surface area is 133 Å². The summed E-state index contributed by atoms with van der Waals surface area (Å²) < 4.78 is 13.9. The van der Waals surface area contributed by atoms with Crippen LogP contribution in [0.4, 0.5) is 15.8 Å². The highest BCUT2D eigenvalue weighted by atomic mass is 19.1. The van der Waals surface area contributed by atoms with Crippen molar-refractivity contribution >= 4 is 23.2 Å². The summed E-state index contributed by atoms with van der Waals surface area (Å²) in [5.41, 5.74) is 0.960. The maximum atomic E-state index is 13.9. The highest BCUT2D eigenvalue weighted by Gasteiger charge is 2.30. The zero-order valence-electron chi connectivity index (χ0n) is 12.6. The number of carbonyl (C=O) groups is 2. The lowest BCUT2D eigenvalue weighted by Crippen LogP contribution is -2.26. The van der Waals surface area contributed by atoms with Gasteiger partial charge in [-0.15, -0.1) is 0 Å². The van der Waals surface area contributed by atoms with Crippen molar-refractivity contribution in [1.82, 2.24) is 4.98 Å². The summed E-state index contributed by atoms with van der Waals surface area (Å²) in [6, 6.07) is 7.43. The van der Waals surface area contributed by atoms with E-state index in [4.69, 9.17) is 0 Å². The van der Waals surface area contributed by atoms with Gasteiger partial charge in [-0.05, 0) is 43.2 Å². The molecule has 3 rings (SSSR count). The molecule has 0 aliphatic heterocycles. The monoisotopic (exact) mass is 313 g/mol. The van der Waals surface area contributed by atoms with E-state index < -0.39 is 5.82 Å². The minimum atomic E-state index is -0.556. The average molecular weight is 313 g/mol. The fourth-order valence-corrected chi connectivity index (χ4v) is 2.20. The topological polar surface area (TPSA) is 62.3 Å². The molecule has 0 unspecified atom stereocenters. The lowest BCUT2D eigenvalue weighted by molar-refractivity contribution is -0.117. The van der Waals surface area contributed by atoms with Crippen molar-refractivity contribution in [3.05, 3.63) is 54.1 Å². The molecule has 0 saturated heterocycles. The number of rotatable bonds is 4. The van der Waals surface area contributed by atoms with Crippen LogP contribution in [0.3, 0.4) is 0 Å². The van der Waals surface area contributed by atoms with Gasteiger partial charge < -0.3 is 10.2 Å². The number of amides is 2. The molecule has 0 radical (unpaired) electrons. The molecule has 2 aromatic rings. The third kappa shape index (κ3) is 3.36. The number of hydrogen-bond acceptors (Lipinski definition) is 3. The Morgan fingerprint density at radius 3 is 2.74 bits per heavy atom. The first-order valence-electron chi connectivity index (χ1n) is 7.35. The molecule has 2 amide bonds. The van der Waals surface area contributed by atoms with Gasteiger partial charge in [0.2, 0.25) is 5.91 Å². The molecule has 5 nitrogen and oxygen atoms in total. The predicted molar refractivity (Wildman–Crippen MR) is 84.7 cm³/mol. The minimum absolute atomic E-state index is 0.0346. The smallest absolute Gasteiger partial charge is 0.258 e. The highest BCUT2D eigenvalue weighted by molar-refractivity contribution is 6.06. The van der Waals surface area contributed by atoms with Gasteiger partial charge in [-0.2, -0.15) is 0 Å². The Kier molecular flexibility index (Phi) is 4.06. The van der Waals surface area contributed by atoms with Crippen molar-refractivity contribution in [2.24, 2.45) is 5.92 Å². The van der Waals surface area contributed by atoms with Crippen LogP contribution in [0.15, 0.2) is 42.7 Å². The van der Waals surface area contributed by atoms with Crippen molar-refractivity contribution in [2.45, 2.75) is 12.8 Å². The van der Waals surface area contributed by atoms with Crippen LogP contribution in [0.25, 0.3) is 0 Å². The molecular formula is C17H16FN3O2. The zero-order chi connectivity index (χ0) is 16.4. The van der Waals surface area contributed by atoms with E-state index in [1.54, 1.807) is 31.6 Å². The number of benzene rings is 1. The molecule has 1 aliphatic rings. The second kappa shape index (κ2) is 6.16. The molecule has 1 N–H and O–H groups in total. The number of hydrogen-bond donors (Lipinski definition) is 1. The molecule has 1 saturated carbocycles. The lowest BCUT2D eigenvalue weighted by atomic mass is 10.1. The molecule has 0 bridgehead atoms. The maximum absolute atomic E-state index is 13.9. The van der Waals surface area contributed by atoms with Gasteiger partial charge in [0.15, 0.2) is 0 Å². The van der Waals surface area contributed by atoms with Crippen molar-refractivity contribution < 1.29 is 14.0 Å². The van der Waals surface area contributed by atoms with Gasteiger partial charge in [-0.3, -0.25) is 14.6 Å². The van der Waals surface area contributed by atoms with Gasteiger partial charge in [0.1, 0.15) is 5.82 Å². The van der Waals surface area contributed by atoms with Crippen LogP contribution in [-0.4, -0.2) is 23.8 Å². The van der Waals surface area contributed by atoms with Crippen LogP contribution in [0.5, 0.6) is 0 Å². The van der Waals surface area contributed by atoms with E-state index in [0.717, 1.165) is 12.8 Å². The molecule has 1 aromatic carbocycles. The van der Waals surface area contributed by atoms with E-state index in [-0.39, 0.29) is 23.4 Å². The Hall–Kier alpha value is -2.76. The Balaban J connectivity index is 1.81. The fraction of sp³-hybridized carbons (Fsp3) is 0.235. The van der Waals surface area contributed by atoms with Crippen molar-refractivity contribution in [2.75, 3.05) is 17.3 Å². The summed E-state index contributed by atoms with van der Waals surface area (Å²) in [6.45, 7) is 0. The van der Waals surface area contributed by atoms with E-state index in [1.165, 1.54) is 23.1 Å². The van der Waals surface area contributed by atoms with Gasteiger partial charge in [0.05, 0.1) is 17.6 Å². The molecule has 0 atom stereocenters. The molecule has 23 heavy (non-hydrogen) atoms. The number of halogens is 1. The molecule has 1 aliphatic carbocycles. The normalized spacial score (nSPS) is 13.5. The predicted octanol–water partition coefficient (Wildman–Crippen LogP) is 2.85. The summed E-state index contributed by atoms with van der Waals surface area (Å²) in [4.78, 5) is 29.7. The molecule has 0 spiro atoms. The number of aromatic nitrogens is 1. The van der Waals surface area contributed by atoms with Gasteiger partial charge in [0, 0.05) is 24.7 Å². The van der Waals surface area contributed by atoms with Gasteiger partial charge >= 0.3 is 0 Å². The summed E-state index contributed by atoms with van der Waals surface area (Å²) in [7, 11) is 1.62. The quantitative estimate of drug-likeness (QED) is 0.944. The summed E-state index contributed by atoms with van der Waals surface area (Å²) in [5, 5.41) is 2.55. The summed E-state index contributed by atoms with van der Waals surface area (Å²) in [5.74, 6) is -1.10. The third-order valence-corrected chi connectivity index (χ3v) is 3.76. The van der Waals surface area contributed by atoms with Crippen LogP contribution in [0, 0.1) is 11.7 Å². The maximum Gasteiger partial charge on any atom is 0.258 e. The number of carbonyl (C=O) groups excluding carboxylic acids is 2. The van der Waals surface area contributed by atoms with Crippen LogP contribution >= 0.6 is 0 Å². The van der Waals surface area contributed by atoms with Crippen molar-refractivity contribution in [1.29, 1.82) is 0 Å². The largest absolute Gasteiger partial charge is 0.323 e.